The highest BCUT2D eigenvalue weighted by Gasteiger charge is 2.25. The van der Waals surface area contributed by atoms with Gasteiger partial charge in [0.1, 0.15) is 5.56 Å². The van der Waals surface area contributed by atoms with Gasteiger partial charge < -0.3 is 9.64 Å². The van der Waals surface area contributed by atoms with E-state index >= 15 is 0 Å². The van der Waals surface area contributed by atoms with E-state index in [0.29, 0.717) is 17.4 Å². The molecule has 0 spiro atoms. The minimum absolute atomic E-state index is 0.00230. The molecule has 0 atom stereocenters. The van der Waals surface area contributed by atoms with E-state index in [2.05, 4.69) is 10.1 Å². The Morgan fingerprint density at radius 1 is 1.32 bits per heavy atom. The Kier molecular flexibility index (Phi) is 4.37. The van der Waals surface area contributed by atoms with Crippen LogP contribution in [0.3, 0.4) is 0 Å². The lowest BCUT2D eigenvalue weighted by Gasteiger charge is -2.32. The van der Waals surface area contributed by atoms with E-state index in [1.807, 2.05) is 21.8 Å². The maximum Gasteiger partial charge on any atom is 0.259 e. The van der Waals surface area contributed by atoms with Gasteiger partial charge >= 0.3 is 0 Å². The molecule has 3 heterocycles. The van der Waals surface area contributed by atoms with Crippen LogP contribution in [-0.2, 0) is 6.54 Å². The van der Waals surface area contributed by atoms with Gasteiger partial charge in [-0.05, 0) is 37.0 Å². The highest BCUT2D eigenvalue weighted by atomic mass is 16.5. The molecule has 6 heteroatoms. The number of methoxy groups -OCH3 is 1. The molecule has 2 aromatic heterocycles. The summed E-state index contributed by atoms with van der Waals surface area (Å²) in [5.74, 6) is 0.966. The van der Waals surface area contributed by atoms with Crippen molar-refractivity contribution in [1.82, 2.24) is 19.7 Å². The van der Waals surface area contributed by atoms with Gasteiger partial charge in [0.2, 0.25) is 5.88 Å². The summed E-state index contributed by atoms with van der Waals surface area (Å²) in [4.78, 5) is 18.6. The molecule has 0 radical (unpaired) electrons. The van der Waals surface area contributed by atoms with Crippen LogP contribution >= 0.6 is 0 Å². The van der Waals surface area contributed by atoms with Crippen molar-refractivity contribution in [2.24, 2.45) is 5.92 Å². The summed E-state index contributed by atoms with van der Waals surface area (Å²) < 4.78 is 7.14. The second-order valence-electron chi connectivity index (χ2n) is 5.52. The second kappa shape index (κ2) is 6.60. The summed E-state index contributed by atoms with van der Waals surface area (Å²) >= 11 is 0. The zero-order chi connectivity index (χ0) is 15.4. The lowest BCUT2D eigenvalue weighted by molar-refractivity contribution is 0.0677. The average Bonchev–Trinajstić information content (AvgIpc) is 3.08. The first-order valence-corrected chi connectivity index (χ1v) is 7.53. The van der Waals surface area contributed by atoms with Gasteiger partial charge in [-0.1, -0.05) is 0 Å². The number of pyridine rings is 1. The largest absolute Gasteiger partial charge is 0.480 e. The first kappa shape index (κ1) is 14.6. The molecule has 22 heavy (non-hydrogen) atoms. The fourth-order valence-electron chi connectivity index (χ4n) is 2.88. The van der Waals surface area contributed by atoms with Crippen LogP contribution in [0.15, 0.2) is 36.8 Å². The number of ether oxygens (including phenoxy) is 1. The summed E-state index contributed by atoms with van der Waals surface area (Å²) in [7, 11) is 1.54. The fraction of sp³-hybridized carbons (Fsp3) is 0.438. The number of carbonyl (C=O) groups excluding carboxylic acids is 1. The maximum atomic E-state index is 12.6. The van der Waals surface area contributed by atoms with Crippen LogP contribution in [-0.4, -0.2) is 45.8 Å². The van der Waals surface area contributed by atoms with Crippen LogP contribution in [0.2, 0.25) is 0 Å². The van der Waals surface area contributed by atoms with Crippen LogP contribution in [0.5, 0.6) is 5.88 Å². The molecule has 1 amide bonds. The summed E-state index contributed by atoms with van der Waals surface area (Å²) in [6.45, 7) is 2.46. The van der Waals surface area contributed by atoms with Gasteiger partial charge in [-0.3, -0.25) is 9.48 Å². The number of carbonyl (C=O) groups is 1. The lowest BCUT2D eigenvalue weighted by Crippen LogP contribution is -2.39. The minimum atomic E-state index is 0.00230. The summed E-state index contributed by atoms with van der Waals surface area (Å²) in [6, 6.07) is 5.47. The van der Waals surface area contributed by atoms with E-state index in [-0.39, 0.29) is 5.91 Å². The molecular weight excluding hydrogens is 280 g/mol. The molecule has 0 aliphatic carbocycles. The van der Waals surface area contributed by atoms with Gasteiger partial charge in [0.25, 0.3) is 5.91 Å². The van der Waals surface area contributed by atoms with Crippen LogP contribution in [0.25, 0.3) is 0 Å². The van der Waals surface area contributed by atoms with Crippen molar-refractivity contribution in [3.63, 3.8) is 0 Å². The Hall–Kier alpha value is -2.37. The summed E-state index contributed by atoms with van der Waals surface area (Å²) in [6.07, 6.45) is 7.40. The van der Waals surface area contributed by atoms with Crippen molar-refractivity contribution in [3.05, 3.63) is 42.4 Å². The van der Waals surface area contributed by atoms with E-state index in [9.17, 15) is 4.79 Å². The zero-order valence-electron chi connectivity index (χ0n) is 12.7. The van der Waals surface area contributed by atoms with Gasteiger partial charge in [0.05, 0.1) is 7.11 Å². The monoisotopic (exact) mass is 300 g/mol. The van der Waals surface area contributed by atoms with Gasteiger partial charge in [0, 0.05) is 38.2 Å². The predicted octanol–water partition coefficient (Wildman–Crippen LogP) is 1.84. The molecule has 3 rings (SSSR count). The van der Waals surface area contributed by atoms with Crippen molar-refractivity contribution >= 4 is 5.91 Å². The van der Waals surface area contributed by atoms with Crippen molar-refractivity contribution in [2.45, 2.75) is 19.4 Å². The van der Waals surface area contributed by atoms with Crippen molar-refractivity contribution in [3.8, 4) is 5.88 Å². The van der Waals surface area contributed by atoms with Crippen molar-refractivity contribution < 1.29 is 9.53 Å². The minimum Gasteiger partial charge on any atom is -0.480 e. The molecule has 0 bridgehead atoms. The van der Waals surface area contributed by atoms with Crippen LogP contribution < -0.4 is 4.74 Å². The first-order valence-electron chi connectivity index (χ1n) is 7.53. The smallest absolute Gasteiger partial charge is 0.259 e. The Morgan fingerprint density at radius 2 is 2.14 bits per heavy atom. The standard InChI is InChI=1S/C16H20N4O2/c1-22-15-14(4-2-7-17-15)16(21)19-10-5-13(6-11-19)12-20-9-3-8-18-20/h2-4,7-9,13H,5-6,10-12H2,1H3. The highest BCUT2D eigenvalue weighted by Crippen LogP contribution is 2.23. The van der Waals surface area contributed by atoms with Gasteiger partial charge in [0.15, 0.2) is 0 Å². The van der Waals surface area contributed by atoms with E-state index in [0.717, 1.165) is 32.5 Å². The molecule has 1 saturated heterocycles. The number of nitrogens with zero attached hydrogens (tertiary/aromatic N) is 4. The fourth-order valence-corrected chi connectivity index (χ4v) is 2.88. The Balaban J connectivity index is 1.60. The Morgan fingerprint density at radius 3 is 2.82 bits per heavy atom. The highest BCUT2D eigenvalue weighted by molar-refractivity contribution is 5.96. The molecule has 1 aliphatic heterocycles. The van der Waals surface area contributed by atoms with Crippen LogP contribution in [0.4, 0.5) is 0 Å². The van der Waals surface area contributed by atoms with E-state index in [1.54, 1.807) is 24.5 Å². The Labute approximate surface area is 129 Å². The van der Waals surface area contributed by atoms with Crippen LogP contribution in [0, 0.1) is 5.92 Å². The SMILES string of the molecule is COc1ncccc1C(=O)N1CCC(Cn2cccn2)CC1. The Bertz CT molecular complexity index is 619. The number of rotatable bonds is 4. The van der Waals surface area contributed by atoms with Crippen molar-refractivity contribution in [2.75, 3.05) is 20.2 Å². The third-order valence-electron chi connectivity index (χ3n) is 4.10. The number of aromatic nitrogens is 3. The summed E-state index contributed by atoms with van der Waals surface area (Å²) in [5.41, 5.74) is 0.538. The van der Waals surface area contributed by atoms with E-state index < -0.39 is 0 Å². The summed E-state index contributed by atoms with van der Waals surface area (Å²) in [5, 5.41) is 4.25. The molecule has 116 valence electrons. The first-order chi connectivity index (χ1) is 10.8. The second-order valence-corrected chi connectivity index (χ2v) is 5.52. The number of amides is 1. The number of likely N-dealkylation sites (tertiary alicyclic amines) is 1. The van der Waals surface area contributed by atoms with Crippen LogP contribution in [0.1, 0.15) is 23.2 Å². The normalized spacial score (nSPS) is 15.8. The molecular formula is C16H20N4O2. The average molecular weight is 300 g/mol. The lowest BCUT2D eigenvalue weighted by atomic mass is 9.96. The maximum absolute atomic E-state index is 12.6. The molecule has 0 aromatic carbocycles. The number of hydrogen-bond donors (Lipinski definition) is 0. The van der Waals surface area contributed by atoms with Gasteiger partial charge in [-0.2, -0.15) is 5.10 Å². The van der Waals surface area contributed by atoms with Crippen molar-refractivity contribution in [1.29, 1.82) is 0 Å². The number of piperidine rings is 1. The quantitative estimate of drug-likeness (QED) is 0.864. The van der Waals surface area contributed by atoms with E-state index in [1.165, 1.54) is 7.11 Å². The molecule has 0 N–H and O–H groups in total. The van der Waals surface area contributed by atoms with E-state index in [4.69, 9.17) is 4.74 Å². The zero-order valence-corrected chi connectivity index (χ0v) is 12.7. The predicted molar refractivity (Wildman–Crippen MR) is 81.6 cm³/mol. The third kappa shape index (κ3) is 3.10. The molecule has 6 nitrogen and oxygen atoms in total. The topological polar surface area (TPSA) is 60.2 Å². The number of hydrogen-bond acceptors (Lipinski definition) is 4. The molecule has 1 fully saturated rings. The van der Waals surface area contributed by atoms with Gasteiger partial charge in [-0.15, -0.1) is 0 Å². The third-order valence-corrected chi connectivity index (χ3v) is 4.10. The molecule has 2 aromatic rings. The molecule has 0 saturated carbocycles. The van der Waals surface area contributed by atoms with Gasteiger partial charge in [-0.25, -0.2) is 4.98 Å². The molecule has 1 aliphatic rings. The molecule has 0 unspecified atom stereocenters.